The zero-order valence-corrected chi connectivity index (χ0v) is 15.5. The fourth-order valence-electron chi connectivity index (χ4n) is 3.35. The van der Waals surface area contributed by atoms with Gasteiger partial charge in [-0.3, -0.25) is 9.59 Å². The molecule has 1 aromatic heterocycles. The van der Waals surface area contributed by atoms with Crippen molar-refractivity contribution in [2.45, 2.75) is 18.8 Å². The summed E-state index contributed by atoms with van der Waals surface area (Å²) < 4.78 is 6.50. The third kappa shape index (κ3) is 3.83. The zero-order chi connectivity index (χ0) is 18.6. The number of para-hydroxylation sites is 1. The van der Waals surface area contributed by atoms with Gasteiger partial charge in [-0.05, 0) is 25.0 Å². The first-order valence-electron chi connectivity index (χ1n) is 8.98. The van der Waals surface area contributed by atoms with Gasteiger partial charge in [-0.2, -0.15) is 0 Å². The Morgan fingerprint density at radius 3 is 2.56 bits per heavy atom. The summed E-state index contributed by atoms with van der Waals surface area (Å²) in [4.78, 5) is 29.6. The normalized spacial score (nSPS) is 19.1. The van der Waals surface area contributed by atoms with Gasteiger partial charge in [-0.25, -0.2) is 4.98 Å². The van der Waals surface area contributed by atoms with E-state index in [1.165, 1.54) is 0 Å². The SMILES string of the molecule is O=C(COC(=O)C1CC=CCC1c1nc2ccccc2s1)c1ccccc1. The highest BCUT2D eigenvalue weighted by atomic mass is 32.1. The number of esters is 1. The molecular weight excluding hydrogens is 358 g/mol. The van der Waals surface area contributed by atoms with Gasteiger partial charge in [0, 0.05) is 11.5 Å². The van der Waals surface area contributed by atoms with E-state index < -0.39 is 0 Å². The molecule has 0 bridgehead atoms. The van der Waals surface area contributed by atoms with Gasteiger partial charge in [0.25, 0.3) is 0 Å². The van der Waals surface area contributed by atoms with E-state index in [-0.39, 0.29) is 30.2 Å². The molecule has 1 aliphatic carbocycles. The monoisotopic (exact) mass is 377 g/mol. The molecule has 0 fully saturated rings. The number of allylic oxidation sites excluding steroid dienone is 2. The van der Waals surface area contributed by atoms with Gasteiger partial charge >= 0.3 is 5.97 Å². The van der Waals surface area contributed by atoms with Crippen molar-refractivity contribution < 1.29 is 14.3 Å². The predicted molar refractivity (Wildman–Crippen MR) is 106 cm³/mol. The van der Waals surface area contributed by atoms with Crippen LogP contribution in [-0.4, -0.2) is 23.3 Å². The molecule has 1 aliphatic rings. The lowest BCUT2D eigenvalue weighted by Crippen LogP contribution is -2.27. The van der Waals surface area contributed by atoms with E-state index in [0.29, 0.717) is 12.0 Å². The van der Waals surface area contributed by atoms with Crippen molar-refractivity contribution in [3.8, 4) is 0 Å². The maximum atomic E-state index is 12.7. The summed E-state index contributed by atoms with van der Waals surface area (Å²) in [7, 11) is 0. The van der Waals surface area contributed by atoms with Crippen LogP contribution in [0.1, 0.15) is 34.1 Å². The van der Waals surface area contributed by atoms with E-state index in [0.717, 1.165) is 21.6 Å². The van der Waals surface area contributed by atoms with Crippen molar-refractivity contribution in [1.29, 1.82) is 0 Å². The quantitative estimate of drug-likeness (QED) is 0.365. The van der Waals surface area contributed by atoms with Crippen molar-refractivity contribution in [1.82, 2.24) is 4.98 Å². The van der Waals surface area contributed by atoms with E-state index in [2.05, 4.69) is 6.08 Å². The Balaban J connectivity index is 1.48. The standard InChI is InChI=1S/C22H19NO3S/c24-19(15-8-2-1-3-9-15)14-26-22(25)17-11-5-4-10-16(17)21-23-18-12-6-7-13-20(18)27-21/h1-9,12-13,16-17H,10-11,14H2. The van der Waals surface area contributed by atoms with Crippen LogP contribution >= 0.6 is 11.3 Å². The summed E-state index contributed by atoms with van der Waals surface area (Å²) in [5, 5.41) is 0.955. The Morgan fingerprint density at radius 1 is 1.00 bits per heavy atom. The molecule has 0 N–H and O–H groups in total. The number of carbonyl (C=O) groups is 2. The molecule has 0 amide bonds. The summed E-state index contributed by atoms with van der Waals surface area (Å²) in [5.74, 6) is -0.828. The Labute approximate surface area is 161 Å². The number of aromatic nitrogens is 1. The van der Waals surface area contributed by atoms with Crippen LogP contribution in [0.3, 0.4) is 0 Å². The number of ether oxygens (including phenoxy) is 1. The summed E-state index contributed by atoms with van der Waals surface area (Å²) in [6.45, 7) is -0.227. The second kappa shape index (κ2) is 7.84. The topological polar surface area (TPSA) is 56.3 Å². The lowest BCUT2D eigenvalue weighted by molar-refractivity contribution is -0.148. The number of nitrogens with zero attached hydrogens (tertiary/aromatic N) is 1. The molecular formula is C22H19NO3S. The minimum atomic E-state index is -0.326. The van der Waals surface area contributed by atoms with E-state index in [1.807, 2.05) is 36.4 Å². The van der Waals surface area contributed by atoms with E-state index in [4.69, 9.17) is 9.72 Å². The van der Waals surface area contributed by atoms with Crippen LogP contribution in [0.15, 0.2) is 66.7 Å². The summed E-state index contributed by atoms with van der Waals surface area (Å²) >= 11 is 1.63. The van der Waals surface area contributed by atoms with E-state index in [1.54, 1.807) is 35.6 Å². The second-order valence-corrected chi connectivity index (χ2v) is 7.63. The van der Waals surface area contributed by atoms with Crippen molar-refractivity contribution in [3.63, 3.8) is 0 Å². The van der Waals surface area contributed by atoms with Crippen molar-refractivity contribution in [2.75, 3.05) is 6.61 Å². The average Bonchev–Trinajstić information content (AvgIpc) is 3.16. The van der Waals surface area contributed by atoms with Crippen LogP contribution in [0.2, 0.25) is 0 Å². The van der Waals surface area contributed by atoms with Crippen LogP contribution in [0.4, 0.5) is 0 Å². The first-order valence-corrected chi connectivity index (χ1v) is 9.79. The zero-order valence-electron chi connectivity index (χ0n) is 14.7. The van der Waals surface area contributed by atoms with Crippen LogP contribution < -0.4 is 0 Å². The van der Waals surface area contributed by atoms with Gasteiger partial charge in [0.15, 0.2) is 12.4 Å². The van der Waals surface area contributed by atoms with Crippen LogP contribution in [0.5, 0.6) is 0 Å². The molecule has 27 heavy (non-hydrogen) atoms. The molecule has 2 aromatic carbocycles. The number of thiazole rings is 1. The molecule has 3 aromatic rings. The maximum Gasteiger partial charge on any atom is 0.310 e. The van der Waals surface area contributed by atoms with Gasteiger partial charge in [-0.1, -0.05) is 54.6 Å². The fourth-order valence-corrected chi connectivity index (χ4v) is 4.49. The van der Waals surface area contributed by atoms with Gasteiger partial charge in [0.05, 0.1) is 21.1 Å². The number of ketones is 1. The molecule has 2 unspecified atom stereocenters. The van der Waals surface area contributed by atoms with Gasteiger partial charge < -0.3 is 4.74 Å². The molecule has 0 spiro atoms. The largest absolute Gasteiger partial charge is 0.457 e. The highest BCUT2D eigenvalue weighted by molar-refractivity contribution is 7.18. The highest BCUT2D eigenvalue weighted by Crippen LogP contribution is 2.39. The van der Waals surface area contributed by atoms with E-state index in [9.17, 15) is 9.59 Å². The number of hydrogen-bond donors (Lipinski definition) is 0. The molecule has 0 radical (unpaired) electrons. The Kier molecular flexibility index (Phi) is 5.12. The average molecular weight is 377 g/mol. The number of hydrogen-bond acceptors (Lipinski definition) is 5. The predicted octanol–water partition coefficient (Wildman–Crippen LogP) is 4.77. The van der Waals surface area contributed by atoms with Gasteiger partial charge in [0.2, 0.25) is 0 Å². The number of Topliss-reactive ketones (excluding diaryl/α,β-unsaturated/α-hetero) is 1. The minimum Gasteiger partial charge on any atom is -0.457 e. The molecule has 1 heterocycles. The molecule has 4 rings (SSSR count). The Hall–Kier alpha value is -2.79. The second-order valence-electron chi connectivity index (χ2n) is 6.57. The Bertz CT molecular complexity index is 960. The molecule has 5 heteroatoms. The number of rotatable bonds is 5. The summed E-state index contributed by atoms with van der Waals surface area (Å²) in [6, 6.07) is 16.9. The molecule has 0 saturated carbocycles. The van der Waals surface area contributed by atoms with Crippen molar-refractivity contribution >= 4 is 33.3 Å². The Morgan fingerprint density at radius 2 is 1.74 bits per heavy atom. The van der Waals surface area contributed by atoms with Crippen LogP contribution in [0, 0.1) is 5.92 Å². The molecule has 136 valence electrons. The van der Waals surface area contributed by atoms with Gasteiger partial charge in [0.1, 0.15) is 0 Å². The maximum absolute atomic E-state index is 12.7. The first kappa shape index (κ1) is 17.6. The van der Waals surface area contributed by atoms with Crippen molar-refractivity contribution in [2.24, 2.45) is 5.92 Å². The number of benzene rings is 2. The third-order valence-electron chi connectivity index (χ3n) is 4.80. The van der Waals surface area contributed by atoms with Crippen LogP contribution in [-0.2, 0) is 9.53 Å². The molecule has 2 atom stereocenters. The minimum absolute atomic E-state index is 0.00766. The molecule has 0 aliphatic heterocycles. The first-order chi connectivity index (χ1) is 13.2. The fraction of sp³-hybridized carbons (Fsp3) is 0.227. The summed E-state index contributed by atoms with van der Waals surface area (Å²) in [5.41, 5.74) is 1.51. The molecule has 4 nitrogen and oxygen atoms in total. The summed E-state index contributed by atoms with van der Waals surface area (Å²) in [6.07, 6.45) is 5.47. The lowest BCUT2D eigenvalue weighted by atomic mass is 9.83. The van der Waals surface area contributed by atoms with Crippen LogP contribution in [0.25, 0.3) is 10.2 Å². The number of fused-ring (bicyclic) bond motifs is 1. The lowest BCUT2D eigenvalue weighted by Gasteiger charge is -2.25. The smallest absolute Gasteiger partial charge is 0.310 e. The van der Waals surface area contributed by atoms with E-state index >= 15 is 0 Å². The van der Waals surface area contributed by atoms with Crippen molar-refractivity contribution in [3.05, 3.63) is 77.3 Å². The van der Waals surface area contributed by atoms with Gasteiger partial charge in [-0.15, -0.1) is 11.3 Å². The highest BCUT2D eigenvalue weighted by Gasteiger charge is 2.33. The third-order valence-corrected chi connectivity index (χ3v) is 5.97. The molecule has 0 saturated heterocycles. The number of carbonyl (C=O) groups excluding carboxylic acids is 2.